The summed E-state index contributed by atoms with van der Waals surface area (Å²) in [5, 5.41) is 3.51. The standard InChI is InChI=1S/C29H35NO/c1-3-21-31-22-11-20-30-28-18-16-27(17-19-28)29(26-14-9-6-10-15-26)25(4-2)23-24-12-7-5-8-13-24/h5-10,12-19,30H,3-4,11,20-23H2,1-2H3/b29-25-. The Kier molecular flexibility index (Phi) is 9.40. The van der Waals surface area contributed by atoms with Crippen molar-refractivity contribution in [2.45, 2.75) is 39.5 Å². The van der Waals surface area contributed by atoms with E-state index in [9.17, 15) is 0 Å². The van der Waals surface area contributed by atoms with Gasteiger partial charge in [0.25, 0.3) is 0 Å². The molecule has 0 saturated heterocycles. The Morgan fingerprint density at radius 3 is 2.03 bits per heavy atom. The number of nitrogens with one attached hydrogen (secondary N) is 1. The number of anilines is 1. The Morgan fingerprint density at radius 2 is 1.39 bits per heavy atom. The molecule has 0 aliphatic rings. The molecule has 162 valence electrons. The van der Waals surface area contributed by atoms with Crippen molar-refractivity contribution >= 4 is 11.3 Å². The van der Waals surface area contributed by atoms with Crippen LogP contribution in [0.4, 0.5) is 5.69 Å². The summed E-state index contributed by atoms with van der Waals surface area (Å²) in [5.74, 6) is 0. The van der Waals surface area contributed by atoms with E-state index in [1.807, 2.05) is 0 Å². The minimum Gasteiger partial charge on any atom is -0.385 e. The van der Waals surface area contributed by atoms with Crippen LogP contribution in [0.3, 0.4) is 0 Å². The SMILES string of the molecule is CCCOCCCNc1ccc(/C(=C(/CC)Cc2ccccc2)c2ccccc2)cc1. The van der Waals surface area contributed by atoms with Crippen molar-refractivity contribution in [3.63, 3.8) is 0 Å². The summed E-state index contributed by atoms with van der Waals surface area (Å²) in [6.45, 7) is 7.00. The van der Waals surface area contributed by atoms with Crippen molar-refractivity contribution in [1.82, 2.24) is 0 Å². The van der Waals surface area contributed by atoms with E-state index in [-0.39, 0.29) is 0 Å². The molecule has 3 rings (SSSR count). The number of hydrogen-bond donors (Lipinski definition) is 1. The van der Waals surface area contributed by atoms with Gasteiger partial charge >= 0.3 is 0 Å². The number of benzene rings is 3. The van der Waals surface area contributed by atoms with Gasteiger partial charge in [0, 0.05) is 25.4 Å². The third kappa shape index (κ3) is 7.11. The smallest absolute Gasteiger partial charge is 0.0482 e. The highest BCUT2D eigenvalue weighted by Crippen LogP contribution is 2.31. The predicted molar refractivity (Wildman–Crippen MR) is 134 cm³/mol. The van der Waals surface area contributed by atoms with E-state index in [1.165, 1.54) is 27.8 Å². The zero-order chi connectivity index (χ0) is 21.7. The average Bonchev–Trinajstić information content (AvgIpc) is 2.83. The molecule has 0 spiro atoms. The molecule has 0 atom stereocenters. The first-order valence-corrected chi connectivity index (χ1v) is 11.5. The van der Waals surface area contributed by atoms with Gasteiger partial charge in [0.15, 0.2) is 0 Å². The molecule has 1 N–H and O–H groups in total. The minimum atomic E-state index is 0.819. The third-order valence-electron chi connectivity index (χ3n) is 5.42. The third-order valence-corrected chi connectivity index (χ3v) is 5.42. The van der Waals surface area contributed by atoms with Crippen LogP contribution in [0, 0.1) is 0 Å². The van der Waals surface area contributed by atoms with E-state index in [2.05, 4.69) is 104 Å². The van der Waals surface area contributed by atoms with Crippen LogP contribution in [-0.2, 0) is 11.2 Å². The van der Waals surface area contributed by atoms with E-state index in [0.717, 1.165) is 51.1 Å². The zero-order valence-corrected chi connectivity index (χ0v) is 18.9. The molecule has 31 heavy (non-hydrogen) atoms. The lowest BCUT2D eigenvalue weighted by atomic mass is 9.88. The van der Waals surface area contributed by atoms with E-state index in [0.29, 0.717) is 0 Å². The van der Waals surface area contributed by atoms with Crippen molar-refractivity contribution in [3.05, 3.63) is 107 Å². The predicted octanol–water partition coefficient (Wildman–Crippen LogP) is 7.37. The summed E-state index contributed by atoms with van der Waals surface area (Å²) >= 11 is 0. The van der Waals surface area contributed by atoms with Crippen molar-refractivity contribution in [1.29, 1.82) is 0 Å². The summed E-state index contributed by atoms with van der Waals surface area (Å²) in [6, 6.07) is 30.4. The average molecular weight is 414 g/mol. The van der Waals surface area contributed by atoms with Crippen LogP contribution >= 0.6 is 0 Å². The highest BCUT2D eigenvalue weighted by molar-refractivity contribution is 5.83. The summed E-state index contributed by atoms with van der Waals surface area (Å²) in [6.07, 6.45) is 4.10. The summed E-state index contributed by atoms with van der Waals surface area (Å²) in [7, 11) is 0. The maximum absolute atomic E-state index is 5.56. The van der Waals surface area contributed by atoms with Gasteiger partial charge in [0.05, 0.1) is 0 Å². The number of allylic oxidation sites excluding steroid dienone is 1. The number of ether oxygens (including phenoxy) is 1. The zero-order valence-electron chi connectivity index (χ0n) is 18.9. The van der Waals surface area contributed by atoms with Crippen LogP contribution in [-0.4, -0.2) is 19.8 Å². The molecular formula is C29H35NO. The Balaban J connectivity index is 1.80. The van der Waals surface area contributed by atoms with Gasteiger partial charge in [-0.3, -0.25) is 0 Å². The van der Waals surface area contributed by atoms with Gasteiger partial charge in [0.1, 0.15) is 0 Å². The molecule has 0 aliphatic carbocycles. The fourth-order valence-electron chi connectivity index (χ4n) is 3.82. The molecule has 0 amide bonds. The molecule has 2 heteroatoms. The molecule has 0 fully saturated rings. The Morgan fingerprint density at radius 1 is 0.742 bits per heavy atom. The van der Waals surface area contributed by atoms with Crippen molar-refractivity contribution < 1.29 is 4.74 Å². The molecule has 0 saturated carbocycles. The van der Waals surface area contributed by atoms with E-state index in [1.54, 1.807) is 0 Å². The number of hydrogen-bond acceptors (Lipinski definition) is 2. The highest BCUT2D eigenvalue weighted by atomic mass is 16.5. The molecule has 0 unspecified atom stereocenters. The van der Waals surface area contributed by atoms with Crippen LogP contribution in [0.25, 0.3) is 5.57 Å². The lowest BCUT2D eigenvalue weighted by Gasteiger charge is -2.17. The first-order chi connectivity index (χ1) is 15.3. The van der Waals surface area contributed by atoms with Crippen LogP contribution < -0.4 is 5.32 Å². The van der Waals surface area contributed by atoms with Crippen LogP contribution in [0.2, 0.25) is 0 Å². The molecular weight excluding hydrogens is 378 g/mol. The highest BCUT2D eigenvalue weighted by Gasteiger charge is 2.12. The summed E-state index contributed by atoms with van der Waals surface area (Å²) in [4.78, 5) is 0. The molecule has 0 radical (unpaired) electrons. The first-order valence-electron chi connectivity index (χ1n) is 11.5. The number of rotatable bonds is 12. The Hall–Kier alpha value is -2.84. The normalized spacial score (nSPS) is 11.8. The second-order valence-electron chi connectivity index (χ2n) is 7.83. The fraction of sp³-hybridized carbons (Fsp3) is 0.310. The topological polar surface area (TPSA) is 21.3 Å². The monoisotopic (exact) mass is 413 g/mol. The van der Waals surface area contributed by atoms with Gasteiger partial charge in [-0.05, 0) is 60.1 Å². The van der Waals surface area contributed by atoms with Crippen LogP contribution in [0.15, 0.2) is 90.5 Å². The molecule has 2 nitrogen and oxygen atoms in total. The summed E-state index contributed by atoms with van der Waals surface area (Å²) in [5.41, 5.74) is 7.89. The van der Waals surface area contributed by atoms with E-state index in [4.69, 9.17) is 4.74 Å². The van der Waals surface area contributed by atoms with Gasteiger partial charge in [-0.15, -0.1) is 0 Å². The maximum atomic E-state index is 5.56. The Labute approximate surface area is 188 Å². The van der Waals surface area contributed by atoms with Gasteiger partial charge in [-0.2, -0.15) is 0 Å². The molecule has 0 heterocycles. The molecule has 3 aromatic carbocycles. The van der Waals surface area contributed by atoms with Crippen molar-refractivity contribution in [2.24, 2.45) is 0 Å². The van der Waals surface area contributed by atoms with Crippen molar-refractivity contribution in [3.8, 4) is 0 Å². The van der Waals surface area contributed by atoms with Crippen LogP contribution in [0.1, 0.15) is 49.8 Å². The lowest BCUT2D eigenvalue weighted by Crippen LogP contribution is -2.06. The second-order valence-corrected chi connectivity index (χ2v) is 7.83. The van der Waals surface area contributed by atoms with Gasteiger partial charge in [-0.25, -0.2) is 0 Å². The largest absolute Gasteiger partial charge is 0.385 e. The van der Waals surface area contributed by atoms with Gasteiger partial charge in [0.2, 0.25) is 0 Å². The lowest BCUT2D eigenvalue weighted by molar-refractivity contribution is 0.134. The van der Waals surface area contributed by atoms with Crippen molar-refractivity contribution in [2.75, 3.05) is 25.1 Å². The van der Waals surface area contributed by atoms with Gasteiger partial charge < -0.3 is 10.1 Å². The van der Waals surface area contributed by atoms with Gasteiger partial charge in [-0.1, -0.05) is 92.2 Å². The van der Waals surface area contributed by atoms with Crippen LogP contribution in [0.5, 0.6) is 0 Å². The molecule has 3 aromatic rings. The Bertz CT molecular complexity index is 914. The molecule has 0 aromatic heterocycles. The van der Waals surface area contributed by atoms with E-state index >= 15 is 0 Å². The van der Waals surface area contributed by atoms with E-state index < -0.39 is 0 Å². The first kappa shape index (κ1) is 22.8. The maximum Gasteiger partial charge on any atom is 0.0482 e. The minimum absolute atomic E-state index is 0.819. The quantitative estimate of drug-likeness (QED) is 0.313. The molecule has 0 bridgehead atoms. The summed E-state index contributed by atoms with van der Waals surface area (Å²) < 4.78 is 5.56. The second kappa shape index (κ2) is 12.8. The molecule has 0 aliphatic heterocycles. The fourth-order valence-corrected chi connectivity index (χ4v) is 3.82.